The van der Waals surface area contributed by atoms with Crippen LogP contribution in [0.5, 0.6) is 0 Å². The second-order valence-corrected chi connectivity index (χ2v) is 5.28. The number of pyridine rings is 1. The summed E-state index contributed by atoms with van der Waals surface area (Å²) in [5, 5.41) is 14.2. The minimum atomic E-state index is -0.453. The van der Waals surface area contributed by atoms with E-state index < -0.39 is 4.92 Å². The Morgan fingerprint density at radius 3 is 2.80 bits per heavy atom. The topological polar surface area (TPSA) is 109 Å². The Kier molecular flexibility index (Phi) is 4.35. The van der Waals surface area contributed by atoms with E-state index in [9.17, 15) is 10.1 Å². The molecule has 2 unspecified atom stereocenters. The summed E-state index contributed by atoms with van der Waals surface area (Å²) in [5.74, 6) is 6.51. The standard InChI is InChI=1S/C12H20N6O2/c1-8-7-17(2)4-3-10(8)14-11-5-9(18(19)20)6-12(15-11)16-13/h5-6,8,10H,3-4,7,13H2,1-2H3,(H2,14,15,16). The predicted molar refractivity (Wildman–Crippen MR) is 77.4 cm³/mol. The number of nitrogens with two attached hydrogens (primary N) is 1. The molecule has 1 aromatic heterocycles. The second-order valence-electron chi connectivity index (χ2n) is 5.28. The minimum Gasteiger partial charge on any atom is -0.367 e. The fraction of sp³-hybridized carbons (Fsp3) is 0.583. The van der Waals surface area contributed by atoms with Gasteiger partial charge in [0.25, 0.3) is 5.69 Å². The van der Waals surface area contributed by atoms with Crippen LogP contribution in [-0.4, -0.2) is 41.0 Å². The highest BCUT2D eigenvalue weighted by Crippen LogP contribution is 2.24. The van der Waals surface area contributed by atoms with Gasteiger partial charge in [-0.2, -0.15) is 0 Å². The first-order valence-electron chi connectivity index (χ1n) is 6.57. The van der Waals surface area contributed by atoms with Crippen LogP contribution >= 0.6 is 0 Å². The molecule has 2 rings (SSSR count). The smallest absolute Gasteiger partial charge is 0.276 e. The summed E-state index contributed by atoms with van der Waals surface area (Å²) in [6.07, 6.45) is 0.980. The van der Waals surface area contributed by atoms with E-state index in [0.717, 1.165) is 19.5 Å². The molecule has 4 N–H and O–H groups in total. The number of likely N-dealkylation sites (tertiary alicyclic amines) is 1. The number of nitrogens with one attached hydrogen (secondary N) is 2. The number of hydrogen-bond donors (Lipinski definition) is 3. The van der Waals surface area contributed by atoms with Gasteiger partial charge >= 0.3 is 0 Å². The highest BCUT2D eigenvalue weighted by Gasteiger charge is 2.25. The predicted octanol–water partition coefficient (Wildman–Crippen LogP) is 1.03. The zero-order valence-corrected chi connectivity index (χ0v) is 11.7. The van der Waals surface area contributed by atoms with Crippen molar-refractivity contribution in [1.29, 1.82) is 0 Å². The van der Waals surface area contributed by atoms with Gasteiger partial charge in [-0.1, -0.05) is 6.92 Å². The Morgan fingerprint density at radius 1 is 1.50 bits per heavy atom. The third-order valence-electron chi connectivity index (χ3n) is 3.61. The number of piperidine rings is 1. The molecule has 0 saturated carbocycles. The Hall–Kier alpha value is -1.93. The maximum atomic E-state index is 10.9. The van der Waals surface area contributed by atoms with Crippen LogP contribution in [0.1, 0.15) is 13.3 Å². The van der Waals surface area contributed by atoms with Gasteiger partial charge in [-0.05, 0) is 25.9 Å². The van der Waals surface area contributed by atoms with Crippen LogP contribution < -0.4 is 16.6 Å². The van der Waals surface area contributed by atoms with Crippen molar-refractivity contribution in [3.8, 4) is 0 Å². The number of anilines is 2. The molecule has 1 fully saturated rings. The van der Waals surface area contributed by atoms with Gasteiger partial charge in [-0.3, -0.25) is 10.1 Å². The molecular formula is C12H20N6O2. The van der Waals surface area contributed by atoms with E-state index in [2.05, 4.69) is 34.6 Å². The Labute approximate surface area is 117 Å². The van der Waals surface area contributed by atoms with Gasteiger partial charge in [0.2, 0.25) is 0 Å². The lowest BCUT2D eigenvalue weighted by Crippen LogP contribution is -2.43. The first-order valence-corrected chi connectivity index (χ1v) is 6.57. The molecule has 1 aliphatic heterocycles. The fourth-order valence-corrected chi connectivity index (χ4v) is 2.53. The summed E-state index contributed by atoms with van der Waals surface area (Å²) in [7, 11) is 2.09. The molecule has 1 aromatic rings. The minimum absolute atomic E-state index is 0.0315. The molecule has 8 nitrogen and oxygen atoms in total. The Balaban J connectivity index is 2.16. The van der Waals surface area contributed by atoms with Crippen LogP contribution in [0.3, 0.4) is 0 Å². The quantitative estimate of drug-likeness (QED) is 0.429. The summed E-state index contributed by atoms with van der Waals surface area (Å²) in [6, 6.07) is 3.00. The molecule has 2 atom stereocenters. The van der Waals surface area contributed by atoms with Gasteiger partial charge in [-0.25, -0.2) is 10.8 Å². The van der Waals surface area contributed by atoms with Gasteiger partial charge in [0.05, 0.1) is 17.1 Å². The van der Waals surface area contributed by atoms with E-state index in [1.807, 2.05) is 0 Å². The molecule has 0 radical (unpaired) electrons. The van der Waals surface area contributed by atoms with Gasteiger partial charge < -0.3 is 15.6 Å². The zero-order chi connectivity index (χ0) is 14.7. The molecule has 1 saturated heterocycles. The van der Waals surface area contributed by atoms with Crippen LogP contribution in [-0.2, 0) is 0 Å². The van der Waals surface area contributed by atoms with E-state index in [4.69, 9.17) is 5.84 Å². The lowest BCUT2D eigenvalue weighted by molar-refractivity contribution is -0.384. The van der Waals surface area contributed by atoms with Crippen molar-refractivity contribution in [2.75, 3.05) is 30.9 Å². The number of nitrogen functional groups attached to an aromatic ring is 1. The van der Waals surface area contributed by atoms with Crippen molar-refractivity contribution in [2.24, 2.45) is 11.8 Å². The van der Waals surface area contributed by atoms with Gasteiger partial charge in [0, 0.05) is 12.6 Å². The highest BCUT2D eigenvalue weighted by molar-refractivity contribution is 5.54. The summed E-state index contributed by atoms with van der Waals surface area (Å²) in [5.41, 5.74) is 2.32. The Bertz CT molecular complexity index is 495. The van der Waals surface area contributed by atoms with E-state index in [1.165, 1.54) is 12.1 Å². The lowest BCUT2D eigenvalue weighted by Gasteiger charge is -2.35. The summed E-state index contributed by atoms with van der Waals surface area (Å²) < 4.78 is 0. The van der Waals surface area contributed by atoms with Crippen molar-refractivity contribution < 1.29 is 4.92 Å². The fourth-order valence-electron chi connectivity index (χ4n) is 2.53. The number of hydrogen-bond acceptors (Lipinski definition) is 7. The zero-order valence-electron chi connectivity index (χ0n) is 11.7. The average molecular weight is 280 g/mol. The molecule has 2 heterocycles. The molecule has 20 heavy (non-hydrogen) atoms. The number of aromatic nitrogens is 1. The molecule has 0 aliphatic carbocycles. The molecule has 0 aromatic carbocycles. The molecule has 8 heteroatoms. The monoisotopic (exact) mass is 280 g/mol. The summed E-state index contributed by atoms with van der Waals surface area (Å²) >= 11 is 0. The van der Waals surface area contributed by atoms with Crippen molar-refractivity contribution in [1.82, 2.24) is 9.88 Å². The first-order chi connectivity index (χ1) is 9.49. The Morgan fingerprint density at radius 2 is 2.20 bits per heavy atom. The number of nitro groups is 1. The first kappa shape index (κ1) is 14.5. The molecule has 0 amide bonds. The van der Waals surface area contributed by atoms with Crippen molar-refractivity contribution in [3.63, 3.8) is 0 Å². The normalized spacial score (nSPS) is 23.4. The van der Waals surface area contributed by atoms with Crippen LogP contribution in [0.2, 0.25) is 0 Å². The largest absolute Gasteiger partial charge is 0.367 e. The number of nitrogens with zero attached hydrogens (tertiary/aromatic N) is 3. The summed E-state index contributed by atoms with van der Waals surface area (Å²) in [6.45, 7) is 4.15. The second kappa shape index (κ2) is 6.02. The molecule has 1 aliphatic rings. The summed E-state index contributed by atoms with van der Waals surface area (Å²) in [4.78, 5) is 16.9. The van der Waals surface area contributed by atoms with Crippen LogP contribution in [0.4, 0.5) is 17.3 Å². The van der Waals surface area contributed by atoms with Gasteiger partial charge in [0.1, 0.15) is 11.6 Å². The third kappa shape index (κ3) is 3.34. The van der Waals surface area contributed by atoms with Gasteiger partial charge in [0.15, 0.2) is 0 Å². The van der Waals surface area contributed by atoms with Crippen LogP contribution in [0.25, 0.3) is 0 Å². The SMILES string of the molecule is CC1CN(C)CCC1Nc1cc([N+](=O)[O-])cc(NN)n1. The van der Waals surface area contributed by atoms with E-state index in [1.54, 1.807) is 0 Å². The highest BCUT2D eigenvalue weighted by atomic mass is 16.6. The number of hydrazine groups is 1. The maximum absolute atomic E-state index is 10.9. The van der Waals surface area contributed by atoms with E-state index in [0.29, 0.717) is 11.7 Å². The van der Waals surface area contributed by atoms with E-state index >= 15 is 0 Å². The van der Waals surface area contributed by atoms with Crippen molar-refractivity contribution in [3.05, 3.63) is 22.2 Å². The molecule has 0 bridgehead atoms. The van der Waals surface area contributed by atoms with Crippen molar-refractivity contribution >= 4 is 17.3 Å². The van der Waals surface area contributed by atoms with Crippen molar-refractivity contribution in [2.45, 2.75) is 19.4 Å². The van der Waals surface area contributed by atoms with Gasteiger partial charge in [-0.15, -0.1) is 0 Å². The average Bonchev–Trinajstić information content (AvgIpc) is 2.41. The number of rotatable bonds is 4. The van der Waals surface area contributed by atoms with Crippen LogP contribution in [0.15, 0.2) is 12.1 Å². The molecular weight excluding hydrogens is 260 g/mol. The van der Waals surface area contributed by atoms with E-state index in [-0.39, 0.29) is 17.5 Å². The molecule has 0 spiro atoms. The lowest BCUT2D eigenvalue weighted by atomic mass is 9.94. The molecule has 110 valence electrons. The third-order valence-corrected chi connectivity index (χ3v) is 3.61. The van der Waals surface area contributed by atoms with Crippen LogP contribution in [0, 0.1) is 16.0 Å². The maximum Gasteiger partial charge on any atom is 0.276 e.